The third-order valence-corrected chi connectivity index (χ3v) is 4.47. The van der Waals surface area contributed by atoms with Crippen LogP contribution in [-0.4, -0.2) is 47.6 Å². The molecule has 0 aliphatic carbocycles. The van der Waals surface area contributed by atoms with Crippen molar-refractivity contribution in [2.45, 2.75) is 12.5 Å². The number of carboxylic acids is 1. The molecule has 1 aromatic carbocycles. The molecule has 1 fully saturated rings. The van der Waals surface area contributed by atoms with Crippen LogP contribution < -0.4 is 4.74 Å². The molecular formula is C14H15Cl2NO6. The minimum absolute atomic E-state index is 0.0624. The van der Waals surface area contributed by atoms with Crippen LogP contribution in [0.15, 0.2) is 12.1 Å². The van der Waals surface area contributed by atoms with Crippen molar-refractivity contribution >= 4 is 35.3 Å². The van der Waals surface area contributed by atoms with E-state index in [4.69, 9.17) is 32.7 Å². The number of carbonyl (C=O) groups is 2. The van der Waals surface area contributed by atoms with Gasteiger partial charge in [0.1, 0.15) is 5.75 Å². The van der Waals surface area contributed by atoms with Crippen LogP contribution in [0.5, 0.6) is 5.75 Å². The lowest BCUT2D eigenvalue weighted by Gasteiger charge is -2.25. The first-order chi connectivity index (χ1) is 10.9. The van der Waals surface area contributed by atoms with Crippen molar-refractivity contribution in [3.05, 3.63) is 27.7 Å². The Morgan fingerprint density at radius 2 is 2.04 bits per heavy atom. The molecule has 2 atom stereocenters. The Kier molecular flexibility index (Phi) is 5.56. The van der Waals surface area contributed by atoms with Crippen LogP contribution in [0, 0.1) is 5.92 Å². The Balaban J connectivity index is 2.47. The van der Waals surface area contributed by atoms with Gasteiger partial charge in [0, 0.05) is 19.2 Å². The van der Waals surface area contributed by atoms with E-state index in [2.05, 4.69) is 0 Å². The van der Waals surface area contributed by atoms with Crippen molar-refractivity contribution < 1.29 is 29.3 Å². The Labute approximate surface area is 142 Å². The van der Waals surface area contributed by atoms with Gasteiger partial charge in [-0.2, -0.15) is 0 Å². The fourth-order valence-electron chi connectivity index (χ4n) is 2.61. The molecule has 1 aliphatic rings. The van der Waals surface area contributed by atoms with E-state index in [0.29, 0.717) is 11.3 Å². The van der Waals surface area contributed by atoms with E-state index < -0.39 is 24.0 Å². The maximum atomic E-state index is 11.5. The first-order valence-corrected chi connectivity index (χ1v) is 7.44. The molecule has 1 saturated heterocycles. The van der Waals surface area contributed by atoms with Gasteiger partial charge in [0.15, 0.2) is 6.79 Å². The van der Waals surface area contributed by atoms with E-state index in [1.807, 2.05) is 0 Å². The molecule has 0 radical (unpaired) electrons. The van der Waals surface area contributed by atoms with Gasteiger partial charge in [0.05, 0.1) is 22.0 Å². The van der Waals surface area contributed by atoms with Gasteiger partial charge in [-0.3, -0.25) is 4.79 Å². The highest BCUT2D eigenvalue weighted by molar-refractivity contribution is 6.42. The number of hydrogen-bond acceptors (Lipinski definition) is 4. The van der Waals surface area contributed by atoms with E-state index in [9.17, 15) is 19.8 Å². The fourth-order valence-corrected chi connectivity index (χ4v) is 3.05. The zero-order chi connectivity index (χ0) is 17.1. The van der Waals surface area contributed by atoms with Gasteiger partial charge in [-0.25, -0.2) is 4.79 Å². The number of methoxy groups -OCH3 is 1. The molecule has 0 saturated carbocycles. The van der Waals surface area contributed by atoms with Crippen molar-refractivity contribution in [1.29, 1.82) is 0 Å². The van der Waals surface area contributed by atoms with Crippen LogP contribution in [0.3, 0.4) is 0 Å². The summed E-state index contributed by atoms with van der Waals surface area (Å²) in [6, 6.07) is 2.32. The third-order valence-electron chi connectivity index (χ3n) is 3.65. The highest BCUT2D eigenvalue weighted by Crippen LogP contribution is 2.45. The predicted octanol–water partition coefficient (Wildman–Crippen LogP) is 3.10. The van der Waals surface area contributed by atoms with Crippen LogP contribution >= 0.6 is 23.2 Å². The molecule has 0 bridgehead atoms. The van der Waals surface area contributed by atoms with Crippen LogP contribution in [-0.2, 0) is 9.53 Å². The highest BCUT2D eigenvalue weighted by atomic mass is 35.5. The maximum absolute atomic E-state index is 11.5. The standard InChI is InChI=1S/C14H15Cl2NO6/c1-22-6-23-10-3-2-8(15)12(16)11(10)9-4-7(13(18)19)5-17(9)14(20)21/h2-3,7,9H,4-6H2,1H3,(H,18,19)(H,20,21)/t7-,9?/m1/s1. The molecular weight excluding hydrogens is 349 g/mol. The van der Waals surface area contributed by atoms with Crippen LogP contribution in [0.25, 0.3) is 0 Å². The number of benzene rings is 1. The number of nitrogens with zero attached hydrogens (tertiary/aromatic N) is 1. The normalized spacial score (nSPS) is 20.6. The molecule has 2 N–H and O–H groups in total. The van der Waals surface area contributed by atoms with Crippen LogP contribution in [0.4, 0.5) is 4.79 Å². The molecule has 23 heavy (non-hydrogen) atoms. The lowest BCUT2D eigenvalue weighted by atomic mass is 9.99. The summed E-state index contributed by atoms with van der Waals surface area (Å²) in [7, 11) is 1.44. The molecule has 1 heterocycles. The molecule has 2 rings (SSSR count). The number of carboxylic acid groups (broad SMARTS) is 2. The minimum Gasteiger partial charge on any atom is -0.481 e. The quantitative estimate of drug-likeness (QED) is 0.780. The number of halogens is 2. The molecule has 126 valence electrons. The molecule has 0 spiro atoms. The van der Waals surface area contributed by atoms with Crippen LogP contribution in [0.2, 0.25) is 10.0 Å². The van der Waals surface area contributed by atoms with Gasteiger partial charge >= 0.3 is 12.1 Å². The zero-order valence-electron chi connectivity index (χ0n) is 12.2. The molecule has 1 aromatic rings. The Bertz CT molecular complexity index is 624. The summed E-state index contributed by atoms with van der Waals surface area (Å²) in [5, 5.41) is 18.9. The lowest BCUT2D eigenvalue weighted by Crippen LogP contribution is -2.30. The van der Waals surface area contributed by atoms with Crippen LogP contribution in [0.1, 0.15) is 18.0 Å². The zero-order valence-corrected chi connectivity index (χ0v) is 13.7. The van der Waals surface area contributed by atoms with E-state index in [-0.39, 0.29) is 29.8 Å². The van der Waals surface area contributed by atoms with E-state index in [1.165, 1.54) is 13.2 Å². The third kappa shape index (κ3) is 3.63. The predicted molar refractivity (Wildman–Crippen MR) is 82.2 cm³/mol. The summed E-state index contributed by atoms with van der Waals surface area (Å²) in [5.74, 6) is -1.57. The number of amides is 1. The summed E-state index contributed by atoms with van der Waals surface area (Å²) >= 11 is 12.3. The van der Waals surface area contributed by atoms with Crippen molar-refractivity contribution in [3.63, 3.8) is 0 Å². The van der Waals surface area contributed by atoms with E-state index in [1.54, 1.807) is 6.07 Å². The summed E-state index contributed by atoms with van der Waals surface area (Å²) < 4.78 is 10.3. The maximum Gasteiger partial charge on any atom is 0.407 e. The molecule has 9 heteroatoms. The number of rotatable bonds is 5. The average molecular weight is 364 g/mol. The van der Waals surface area contributed by atoms with Crippen molar-refractivity contribution in [2.24, 2.45) is 5.92 Å². The number of hydrogen-bond donors (Lipinski definition) is 2. The number of likely N-dealkylation sites (tertiary alicyclic amines) is 1. The van der Waals surface area contributed by atoms with Gasteiger partial charge in [-0.05, 0) is 18.6 Å². The highest BCUT2D eigenvalue weighted by Gasteiger charge is 2.42. The summed E-state index contributed by atoms with van der Waals surface area (Å²) in [5.41, 5.74) is 0.349. The Morgan fingerprint density at radius 3 is 2.61 bits per heavy atom. The Hall–Kier alpha value is -1.70. The SMILES string of the molecule is COCOc1ccc(Cl)c(Cl)c1C1C[C@@H](C(=O)O)CN1C(=O)O. The first-order valence-electron chi connectivity index (χ1n) is 6.68. The van der Waals surface area contributed by atoms with Gasteiger partial charge in [-0.15, -0.1) is 0 Å². The fraction of sp³-hybridized carbons (Fsp3) is 0.429. The first kappa shape index (κ1) is 17.7. The average Bonchev–Trinajstić information content (AvgIpc) is 2.93. The van der Waals surface area contributed by atoms with Crippen molar-refractivity contribution in [3.8, 4) is 5.75 Å². The number of ether oxygens (including phenoxy) is 2. The Morgan fingerprint density at radius 1 is 1.35 bits per heavy atom. The monoisotopic (exact) mass is 363 g/mol. The summed E-state index contributed by atoms with van der Waals surface area (Å²) in [4.78, 5) is 23.7. The second-order valence-electron chi connectivity index (χ2n) is 5.05. The van der Waals surface area contributed by atoms with Gasteiger partial charge in [0.25, 0.3) is 0 Å². The smallest absolute Gasteiger partial charge is 0.407 e. The number of aliphatic carboxylic acids is 1. The minimum atomic E-state index is -1.23. The second kappa shape index (κ2) is 7.25. The van der Waals surface area contributed by atoms with Crippen molar-refractivity contribution in [1.82, 2.24) is 4.90 Å². The molecule has 1 aliphatic heterocycles. The van der Waals surface area contributed by atoms with Gasteiger partial charge in [-0.1, -0.05) is 23.2 Å². The molecule has 7 nitrogen and oxygen atoms in total. The summed E-state index contributed by atoms with van der Waals surface area (Å²) in [6.07, 6.45) is -1.14. The van der Waals surface area contributed by atoms with Gasteiger partial charge in [0.2, 0.25) is 0 Å². The second-order valence-corrected chi connectivity index (χ2v) is 5.83. The summed E-state index contributed by atoms with van der Waals surface area (Å²) in [6.45, 7) is -0.186. The topological polar surface area (TPSA) is 96.3 Å². The van der Waals surface area contributed by atoms with E-state index in [0.717, 1.165) is 4.90 Å². The lowest BCUT2D eigenvalue weighted by molar-refractivity contribution is -0.141. The molecule has 1 unspecified atom stereocenters. The molecule has 0 aromatic heterocycles. The van der Waals surface area contributed by atoms with Crippen molar-refractivity contribution in [2.75, 3.05) is 20.4 Å². The van der Waals surface area contributed by atoms with E-state index >= 15 is 0 Å². The van der Waals surface area contributed by atoms with Gasteiger partial charge < -0.3 is 24.6 Å². The molecule has 1 amide bonds. The largest absolute Gasteiger partial charge is 0.481 e.